The molecular formula is C14H20FN. The van der Waals surface area contributed by atoms with Gasteiger partial charge in [0.05, 0.1) is 0 Å². The van der Waals surface area contributed by atoms with Crippen LogP contribution in [0.3, 0.4) is 0 Å². The van der Waals surface area contributed by atoms with Crippen LogP contribution in [0.5, 0.6) is 0 Å². The Morgan fingerprint density at radius 3 is 2.88 bits per heavy atom. The summed E-state index contributed by atoms with van der Waals surface area (Å²) in [5, 5.41) is 3.51. The lowest BCUT2D eigenvalue weighted by Gasteiger charge is -2.21. The normalized spacial score (nSPS) is 25.1. The number of halogens is 1. The maximum atomic E-state index is 13.1. The van der Waals surface area contributed by atoms with Gasteiger partial charge in [-0.2, -0.15) is 0 Å². The molecule has 0 saturated carbocycles. The van der Waals surface area contributed by atoms with E-state index in [1.807, 2.05) is 6.07 Å². The van der Waals surface area contributed by atoms with E-state index in [9.17, 15) is 4.39 Å². The van der Waals surface area contributed by atoms with E-state index in [0.717, 1.165) is 18.5 Å². The second kappa shape index (κ2) is 4.54. The van der Waals surface area contributed by atoms with Gasteiger partial charge in [0.25, 0.3) is 0 Å². The molecule has 0 aliphatic carbocycles. The molecule has 1 aliphatic rings. The Balaban J connectivity index is 2.11. The molecule has 16 heavy (non-hydrogen) atoms. The summed E-state index contributed by atoms with van der Waals surface area (Å²) in [5.41, 5.74) is 1.49. The fraction of sp³-hybridized carbons (Fsp3) is 0.571. The van der Waals surface area contributed by atoms with Gasteiger partial charge in [0.1, 0.15) is 5.82 Å². The first kappa shape index (κ1) is 11.6. The predicted molar refractivity (Wildman–Crippen MR) is 64.8 cm³/mol. The molecule has 2 heteroatoms. The topological polar surface area (TPSA) is 12.0 Å². The van der Waals surface area contributed by atoms with Crippen molar-refractivity contribution in [3.63, 3.8) is 0 Å². The number of hydrogen-bond acceptors (Lipinski definition) is 1. The van der Waals surface area contributed by atoms with Crippen LogP contribution in [0, 0.1) is 11.2 Å². The Kier molecular flexibility index (Phi) is 3.29. The minimum absolute atomic E-state index is 0.136. The lowest BCUT2D eigenvalue weighted by molar-refractivity contribution is 0.320. The van der Waals surface area contributed by atoms with E-state index in [1.54, 1.807) is 12.1 Å². The van der Waals surface area contributed by atoms with Crippen molar-refractivity contribution in [1.82, 2.24) is 5.32 Å². The van der Waals surface area contributed by atoms with E-state index in [-0.39, 0.29) is 5.82 Å². The molecule has 1 heterocycles. The van der Waals surface area contributed by atoms with Crippen molar-refractivity contribution in [3.8, 4) is 0 Å². The zero-order chi connectivity index (χ0) is 11.6. The summed E-state index contributed by atoms with van der Waals surface area (Å²) < 4.78 is 13.1. The summed E-state index contributed by atoms with van der Waals surface area (Å²) in [6.45, 7) is 5.64. The van der Waals surface area contributed by atoms with Crippen LogP contribution in [0.4, 0.5) is 4.39 Å². The Bertz CT molecular complexity index is 360. The van der Waals surface area contributed by atoms with Crippen molar-refractivity contribution in [3.05, 3.63) is 35.6 Å². The third-order valence-electron chi connectivity index (χ3n) is 3.55. The smallest absolute Gasteiger partial charge is 0.123 e. The van der Waals surface area contributed by atoms with Crippen LogP contribution in [-0.4, -0.2) is 6.54 Å². The fourth-order valence-corrected chi connectivity index (χ4v) is 2.35. The first-order chi connectivity index (χ1) is 7.57. The van der Waals surface area contributed by atoms with Crippen molar-refractivity contribution >= 4 is 0 Å². The number of nitrogens with one attached hydrogen (secondary N) is 1. The maximum Gasteiger partial charge on any atom is 0.123 e. The van der Waals surface area contributed by atoms with Crippen LogP contribution in [0.25, 0.3) is 0 Å². The van der Waals surface area contributed by atoms with Gasteiger partial charge in [-0.1, -0.05) is 26.0 Å². The Morgan fingerprint density at radius 1 is 1.31 bits per heavy atom. The Morgan fingerprint density at radius 2 is 2.12 bits per heavy atom. The second-order valence-corrected chi connectivity index (χ2v) is 5.51. The van der Waals surface area contributed by atoms with Gasteiger partial charge in [0, 0.05) is 6.04 Å². The SMILES string of the molecule is CC1(C)CCN[C@@H](c2cccc(F)c2)CC1. The summed E-state index contributed by atoms with van der Waals surface area (Å²) in [6, 6.07) is 7.28. The average Bonchev–Trinajstić information content (AvgIpc) is 2.39. The highest BCUT2D eigenvalue weighted by atomic mass is 19.1. The largest absolute Gasteiger partial charge is 0.310 e. The third kappa shape index (κ3) is 2.82. The van der Waals surface area contributed by atoms with E-state index in [0.29, 0.717) is 11.5 Å². The van der Waals surface area contributed by atoms with Crippen molar-refractivity contribution in [2.45, 2.75) is 39.2 Å². The van der Waals surface area contributed by atoms with Gasteiger partial charge < -0.3 is 5.32 Å². The highest BCUT2D eigenvalue weighted by Gasteiger charge is 2.24. The molecule has 1 nitrogen and oxygen atoms in total. The molecule has 1 fully saturated rings. The van der Waals surface area contributed by atoms with Crippen LogP contribution in [-0.2, 0) is 0 Å². The van der Waals surface area contributed by atoms with Gasteiger partial charge >= 0.3 is 0 Å². The van der Waals surface area contributed by atoms with Gasteiger partial charge in [-0.25, -0.2) is 4.39 Å². The molecule has 1 atom stereocenters. The zero-order valence-corrected chi connectivity index (χ0v) is 10.1. The fourth-order valence-electron chi connectivity index (χ4n) is 2.35. The first-order valence-electron chi connectivity index (χ1n) is 6.06. The maximum absolute atomic E-state index is 13.1. The molecule has 0 aromatic heterocycles. The summed E-state index contributed by atoms with van der Waals surface area (Å²) in [4.78, 5) is 0. The highest BCUT2D eigenvalue weighted by molar-refractivity contribution is 5.20. The lowest BCUT2D eigenvalue weighted by atomic mass is 9.84. The molecule has 1 N–H and O–H groups in total. The standard InChI is InChI=1S/C14H20FN/c1-14(2)7-6-13(16-9-8-14)11-4-3-5-12(15)10-11/h3-5,10,13,16H,6-9H2,1-2H3/t13-/m1/s1. The van der Waals surface area contributed by atoms with Crippen molar-refractivity contribution in [2.75, 3.05) is 6.54 Å². The van der Waals surface area contributed by atoms with E-state index in [2.05, 4.69) is 19.2 Å². The van der Waals surface area contributed by atoms with Crippen LogP contribution < -0.4 is 5.32 Å². The second-order valence-electron chi connectivity index (χ2n) is 5.51. The molecule has 2 rings (SSSR count). The van der Waals surface area contributed by atoms with Crippen LogP contribution in [0.15, 0.2) is 24.3 Å². The van der Waals surface area contributed by atoms with Crippen LogP contribution >= 0.6 is 0 Å². The summed E-state index contributed by atoms with van der Waals surface area (Å²) in [6.07, 6.45) is 3.48. The monoisotopic (exact) mass is 221 g/mol. The average molecular weight is 221 g/mol. The molecular weight excluding hydrogens is 201 g/mol. The Hall–Kier alpha value is -0.890. The molecule has 0 amide bonds. The van der Waals surface area contributed by atoms with Crippen molar-refractivity contribution in [2.24, 2.45) is 5.41 Å². The van der Waals surface area contributed by atoms with E-state index < -0.39 is 0 Å². The van der Waals surface area contributed by atoms with Crippen LogP contribution in [0.2, 0.25) is 0 Å². The highest BCUT2D eigenvalue weighted by Crippen LogP contribution is 2.33. The summed E-state index contributed by atoms with van der Waals surface area (Å²) >= 11 is 0. The van der Waals surface area contributed by atoms with Gasteiger partial charge in [0.2, 0.25) is 0 Å². The minimum atomic E-state index is -0.136. The van der Waals surface area contributed by atoms with Gasteiger partial charge in [-0.05, 0) is 48.9 Å². The minimum Gasteiger partial charge on any atom is -0.310 e. The third-order valence-corrected chi connectivity index (χ3v) is 3.55. The summed E-state index contributed by atoms with van der Waals surface area (Å²) in [7, 11) is 0. The van der Waals surface area contributed by atoms with Gasteiger partial charge in [0.15, 0.2) is 0 Å². The molecule has 88 valence electrons. The lowest BCUT2D eigenvalue weighted by Crippen LogP contribution is -2.21. The van der Waals surface area contributed by atoms with E-state index in [1.165, 1.54) is 18.9 Å². The van der Waals surface area contributed by atoms with E-state index in [4.69, 9.17) is 0 Å². The molecule has 1 aromatic carbocycles. The van der Waals surface area contributed by atoms with Gasteiger partial charge in [-0.15, -0.1) is 0 Å². The Labute approximate surface area is 97.1 Å². The number of hydrogen-bond donors (Lipinski definition) is 1. The van der Waals surface area contributed by atoms with Crippen molar-refractivity contribution < 1.29 is 4.39 Å². The molecule has 1 saturated heterocycles. The first-order valence-corrected chi connectivity index (χ1v) is 6.06. The number of benzene rings is 1. The summed E-state index contributed by atoms with van der Waals surface area (Å²) in [5.74, 6) is -0.136. The molecule has 0 spiro atoms. The molecule has 0 bridgehead atoms. The van der Waals surface area contributed by atoms with Crippen molar-refractivity contribution in [1.29, 1.82) is 0 Å². The molecule has 0 unspecified atom stereocenters. The molecule has 1 aromatic rings. The quantitative estimate of drug-likeness (QED) is 0.763. The van der Waals surface area contributed by atoms with Crippen LogP contribution in [0.1, 0.15) is 44.7 Å². The molecule has 1 aliphatic heterocycles. The van der Waals surface area contributed by atoms with E-state index >= 15 is 0 Å². The molecule has 0 radical (unpaired) electrons. The zero-order valence-electron chi connectivity index (χ0n) is 10.1. The number of rotatable bonds is 1. The van der Waals surface area contributed by atoms with Gasteiger partial charge in [-0.3, -0.25) is 0 Å². The predicted octanol–water partition coefficient (Wildman–Crippen LogP) is 3.67.